The van der Waals surface area contributed by atoms with Crippen molar-refractivity contribution in [3.8, 4) is 5.75 Å². The normalized spacial score (nSPS) is 10.3. The molecule has 26 heavy (non-hydrogen) atoms. The third-order valence-electron chi connectivity index (χ3n) is 3.04. The number of benzene rings is 2. The van der Waals surface area contributed by atoms with Crippen LogP contribution in [0.4, 0.5) is 5.69 Å². The quantitative estimate of drug-likeness (QED) is 0.458. The van der Waals surface area contributed by atoms with E-state index in [2.05, 4.69) is 10.9 Å². The molecule has 0 bridgehead atoms. The lowest BCUT2D eigenvalue weighted by Gasteiger charge is -2.07. The van der Waals surface area contributed by atoms with E-state index in [9.17, 15) is 19.7 Å². The maximum atomic E-state index is 11.6. The summed E-state index contributed by atoms with van der Waals surface area (Å²) in [5, 5.41) is 11.1. The zero-order valence-electron chi connectivity index (χ0n) is 13.3. The molecule has 0 spiro atoms. The number of hydrazine groups is 1. The van der Waals surface area contributed by atoms with Crippen LogP contribution in [-0.2, 0) is 9.59 Å². The van der Waals surface area contributed by atoms with Gasteiger partial charge >= 0.3 is 0 Å². The lowest BCUT2D eigenvalue weighted by Crippen LogP contribution is -2.43. The van der Waals surface area contributed by atoms with Crippen molar-refractivity contribution in [2.45, 2.75) is 0 Å². The number of amides is 2. The Labute approximate surface area is 153 Å². The first-order valence-electron chi connectivity index (χ1n) is 7.34. The second kappa shape index (κ2) is 9.19. The minimum absolute atomic E-state index is 0.0819. The van der Waals surface area contributed by atoms with E-state index < -0.39 is 16.7 Å². The molecule has 0 saturated carbocycles. The van der Waals surface area contributed by atoms with E-state index >= 15 is 0 Å². The lowest BCUT2D eigenvalue weighted by molar-refractivity contribution is -0.384. The van der Waals surface area contributed by atoms with E-state index in [0.717, 1.165) is 5.56 Å². The van der Waals surface area contributed by atoms with Crippen LogP contribution in [0.15, 0.2) is 54.6 Å². The van der Waals surface area contributed by atoms with Gasteiger partial charge in [-0.1, -0.05) is 23.7 Å². The van der Waals surface area contributed by atoms with Crippen molar-refractivity contribution < 1.29 is 19.2 Å². The number of nitro groups is 1. The Bertz CT molecular complexity index is 819. The molecule has 134 valence electrons. The van der Waals surface area contributed by atoms with Crippen molar-refractivity contribution in [2.24, 2.45) is 0 Å². The van der Waals surface area contributed by atoms with Crippen molar-refractivity contribution in [3.05, 3.63) is 75.3 Å². The molecule has 9 heteroatoms. The Balaban J connectivity index is 1.73. The van der Waals surface area contributed by atoms with E-state index in [-0.39, 0.29) is 12.3 Å². The van der Waals surface area contributed by atoms with E-state index in [1.54, 1.807) is 30.3 Å². The minimum Gasteiger partial charge on any atom is -0.484 e. The molecule has 2 rings (SSSR count). The van der Waals surface area contributed by atoms with Gasteiger partial charge in [0.2, 0.25) is 0 Å². The molecular weight excluding hydrogens is 362 g/mol. The molecule has 0 aliphatic heterocycles. The summed E-state index contributed by atoms with van der Waals surface area (Å²) in [6.45, 7) is -0.362. The standard InChI is InChI=1S/C17H14ClN3O5/c18-13-4-1-12(2-5-13)3-10-16(22)19-20-17(23)11-26-15-8-6-14(7-9-15)21(24)25/h1-10H,11H2,(H,19,22)(H,20,23)/b10-3+. The van der Waals surface area contributed by atoms with Crippen molar-refractivity contribution in [1.29, 1.82) is 0 Å². The zero-order chi connectivity index (χ0) is 18.9. The number of hydrogen-bond donors (Lipinski definition) is 2. The van der Waals surface area contributed by atoms with Gasteiger partial charge in [0.25, 0.3) is 17.5 Å². The molecule has 2 N–H and O–H groups in total. The molecule has 0 saturated heterocycles. The molecule has 0 aromatic heterocycles. The predicted octanol–water partition coefficient (Wildman–Crippen LogP) is 2.49. The van der Waals surface area contributed by atoms with Crippen LogP contribution < -0.4 is 15.6 Å². The van der Waals surface area contributed by atoms with E-state index in [1.807, 2.05) is 0 Å². The molecule has 0 radical (unpaired) electrons. The Morgan fingerprint density at radius 3 is 2.35 bits per heavy atom. The Morgan fingerprint density at radius 1 is 1.08 bits per heavy atom. The maximum Gasteiger partial charge on any atom is 0.276 e. The van der Waals surface area contributed by atoms with Gasteiger partial charge in [0.05, 0.1) is 4.92 Å². The Hall–Kier alpha value is -3.39. The third kappa shape index (κ3) is 6.25. The van der Waals surface area contributed by atoms with Crippen molar-refractivity contribution in [2.75, 3.05) is 6.61 Å². The fourth-order valence-electron chi connectivity index (χ4n) is 1.77. The number of nitrogens with zero attached hydrogens (tertiary/aromatic N) is 1. The van der Waals surface area contributed by atoms with Gasteiger partial charge in [-0.15, -0.1) is 0 Å². The topological polar surface area (TPSA) is 111 Å². The monoisotopic (exact) mass is 375 g/mol. The molecule has 0 aliphatic rings. The van der Waals surface area contributed by atoms with Gasteiger partial charge in [-0.3, -0.25) is 30.6 Å². The Morgan fingerprint density at radius 2 is 1.73 bits per heavy atom. The second-order valence-corrected chi connectivity index (χ2v) is 5.40. The molecule has 2 amide bonds. The summed E-state index contributed by atoms with van der Waals surface area (Å²) in [7, 11) is 0. The molecule has 0 fully saturated rings. The summed E-state index contributed by atoms with van der Waals surface area (Å²) in [6, 6.07) is 12.1. The molecule has 0 heterocycles. The fourth-order valence-corrected chi connectivity index (χ4v) is 1.89. The van der Waals surface area contributed by atoms with Gasteiger partial charge < -0.3 is 4.74 Å². The number of non-ortho nitro benzene ring substituents is 1. The average molecular weight is 376 g/mol. The Kier molecular flexibility index (Phi) is 6.69. The van der Waals surface area contributed by atoms with Crippen LogP contribution >= 0.6 is 11.6 Å². The number of nitro benzene ring substituents is 1. The molecule has 2 aromatic rings. The largest absolute Gasteiger partial charge is 0.484 e. The summed E-state index contributed by atoms with van der Waals surface area (Å²) < 4.78 is 5.16. The average Bonchev–Trinajstić information content (AvgIpc) is 2.64. The first kappa shape index (κ1) is 18.9. The first-order valence-corrected chi connectivity index (χ1v) is 7.71. The van der Waals surface area contributed by atoms with E-state index in [4.69, 9.17) is 16.3 Å². The first-order chi connectivity index (χ1) is 12.4. The summed E-state index contributed by atoms with van der Waals surface area (Å²) in [6.07, 6.45) is 2.81. The summed E-state index contributed by atoms with van der Waals surface area (Å²) in [4.78, 5) is 33.2. The van der Waals surface area contributed by atoms with Crippen molar-refractivity contribution >= 4 is 35.2 Å². The number of ether oxygens (including phenoxy) is 1. The summed E-state index contributed by atoms with van der Waals surface area (Å²) in [5.41, 5.74) is 5.08. The van der Waals surface area contributed by atoms with E-state index in [0.29, 0.717) is 10.8 Å². The van der Waals surface area contributed by atoms with Gasteiger partial charge in [-0.25, -0.2) is 0 Å². The molecule has 0 atom stereocenters. The summed E-state index contributed by atoms with van der Waals surface area (Å²) >= 11 is 5.76. The number of rotatable bonds is 6. The third-order valence-corrected chi connectivity index (χ3v) is 3.29. The fraction of sp³-hybridized carbons (Fsp3) is 0.0588. The highest BCUT2D eigenvalue weighted by molar-refractivity contribution is 6.30. The van der Waals surface area contributed by atoms with Crippen LogP contribution in [0.2, 0.25) is 5.02 Å². The van der Waals surface area contributed by atoms with Crippen molar-refractivity contribution in [1.82, 2.24) is 10.9 Å². The van der Waals surface area contributed by atoms with Crippen LogP contribution in [0.3, 0.4) is 0 Å². The SMILES string of the molecule is O=C(/C=C/c1ccc(Cl)cc1)NNC(=O)COc1ccc([N+](=O)[O-])cc1. The van der Waals surface area contributed by atoms with Crippen LogP contribution in [-0.4, -0.2) is 23.3 Å². The number of nitrogens with one attached hydrogen (secondary N) is 2. The number of hydrogen-bond acceptors (Lipinski definition) is 5. The van der Waals surface area contributed by atoms with Crippen LogP contribution in [0.5, 0.6) is 5.75 Å². The highest BCUT2D eigenvalue weighted by Gasteiger charge is 2.07. The zero-order valence-corrected chi connectivity index (χ0v) is 14.1. The van der Waals surface area contributed by atoms with Gasteiger partial charge in [-0.05, 0) is 35.9 Å². The highest BCUT2D eigenvalue weighted by Crippen LogP contribution is 2.17. The van der Waals surface area contributed by atoms with Crippen molar-refractivity contribution in [3.63, 3.8) is 0 Å². The molecule has 8 nitrogen and oxygen atoms in total. The molecule has 2 aromatic carbocycles. The van der Waals surface area contributed by atoms with Gasteiger partial charge in [0.1, 0.15) is 5.75 Å². The number of carbonyl (C=O) groups excluding carboxylic acids is 2. The van der Waals surface area contributed by atoms with Gasteiger partial charge in [0.15, 0.2) is 6.61 Å². The predicted molar refractivity (Wildman–Crippen MR) is 95.4 cm³/mol. The van der Waals surface area contributed by atoms with Crippen LogP contribution in [0.1, 0.15) is 5.56 Å². The molecular formula is C17H14ClN3O5. The van der Waals surface area contributed by atoms with Gasteiger partial charge in [0, 0.05) is 23.2 Å². The summed E-state index contributed by atoms with van der Waals surface area (Å²) in [5.74, 6) is -0.819. The molecule has 0 unspecified atom stereocenters. The smallest absolute Gasteiger partial charge is 0.276 e. The minimum atomic E-state index is -0.586. The highest BCUT2D eigenvalue weighted by atomic mass is 35.5. The van der Waals surface area contributed by atoms with Gasteiger partial charge in [-0.2, -0.15) is 0 Å². The number of halogens is 1. The van der Waals surface area contributed by atoms with E-state index in [1.165, 1.54) is 30.3 Å². The molecule has 0 aliphatic carbocycles. The van der Waals surface area contributed by atoms with Crippen LogP contribution in [0, 0.1) is 10.1 Å². The number of carbonyl (C=O) groups is 2. The lowest BCUT2D eigenvalue weighted by atomic mass is 10.2. The second-order valence-electron chi connectivity index (χ2n) is 4.96. The van der Waals surface area contributed by atoms with Crippen LogP contribution in [0.25, 0.3) is 6.08 Å². The maximum absolute atomic E-state index is 11.6.